The normalized spacial score (nSPS) is 21.5. The second kappa shape index (κ2) is 5.77. The Labute approximate surface area is 116 Å². The Hall–Kier alpha value is -1.31. The molecule has 2 rings (SSSR count). The van der Waals surface area contributed by atoms with E-state index in [4.69, 9.17) is 0 Å². The minimum atomic E-state index is 0.206. The van der Waals surface area contributed by atoms with E-state index in [-0.39, 0.29) is 11.8 Å². The lowest BCUT2D eigenvalue weighted by atomic mass is 10.0. The van der Waals surface area contributed by atoms with E-state index < -0.39 is 0 Å². The maximum absolute atomic E-state index is 12.1. The van der Waals surface area contributed by atoms with Gasteiger partial charge in [-0.2, -0.15) is 0 Å². The molecule has 0 bridgehead atoms. The standard InChI is InChI=1S/C17H25NO/c1-11(2)5-7-14-10-16(14)17(19)18-15-8-6-12(3)13(4)9-15/h6,8-9,11,14,16H,5,7,10H2,1-4H3,(H,18,19)/t14-,16+/m0/s1. The van der Waals surface area contributed by atoms with Gasteiger partial charge in [-0.25, -0.2) is 0 Å². The number of rotatable bonds is 5. The van der Waals surface area contributed by atoms with Gasteiger partial charge in [0.15, 0.2) is 0 Å². The van der Waals surface area contributed by atoms with Crippen molar-refractivity contribution in [3.8, 4) is 0 Å². The van der Waals surface area contributed by atoms with Crippen molar-refractivity contribution in [2.24, 2.45) is 17.8 Å². The van der Waals surface area contributed by atoms with Crippen molar-refractivity contribution in [1.82, 2.24) is 0 Å². The molecule has 1 amide bonds. The largest absolute Gasteiger partial charge is 0.326 e. The van der Waals surface area contributed by atoms with Crippen molar-refractivity contribution in [1.29, 1.82) is 0 Å². The highest BCUT2D eigenvalue weighted by molar-refractivity contribution is 5.94. The van der Waals surface area contributed by atoms with Crippen LogP contribution in [0.25, 0.3) is 0 Å². The first-order valence-corrected chi connectivity index (χ1v) is 7.35. The third kappa shape index (κ3) is 3.82. The monoisotopic (exact) mass is 259 g/mol. The molecule has 0 saturated heterocycles. The number of anilines is 1. The molecule has 1 saturated carbocycles. The van der Waals surface area contributed by atoms with Crippen molar-refractivity contribution in [2.45, 2.75) is 47.0 Å². The Bertz CT molecular complexity index is 464. The predicted molar refractivity (Wildman–Crippen MR) is 80.2 cm³/mol. The molecular weight excluding hydrogens is 234 g/mol. The topological polar surface area (TPSA) is 29.1 Å². The lowest BCUT2D eigenvalue weighted by Gasteiger charge is -2.08. The summed E-state index contributed by atoms with van der Waals surface area (Å²) in [6.45, 7) is 8.65. The number of nitrogens with one attached hydrogen (secondary N) is 1. The van der Waals surface area contributed by atoms with Gasteiger partial charge in [0.05, 0.1) is 0 Å². The number of carbonyl (C=O) groups is 1. The number of benzene rings is 1. The SMILES string of the molecule is Cc1ccc(NC(=O)[C@@H]2C[C@@H]2CCC(C)C)cc1C. The summed E-state index contributed by atoms with van der Waals surface area (Å²) in [5.41, 5.74) is 3.42. The lowest BCUT2D eigenvalue weighted by Crippen LogP contribution is -2.15. The van der Waals surface area contributed by atoms with E-state index in [0.29, 0.717) is 5.92 Å². The molecule has 1 aliphatic carbocycles. The van der Waals surface area contributed by atoms with Crippen LogP contribution in [0.2, 0.25) is 0 Å². The third-order valence-corrected chi connectivity index (χ3v) is 4.15. The maximum atomic E-state index is 12.1. The third-order valence-electron chi connectivity index (χ3n) is 4.15. The van der Waals surface area contributed by atoms with E-state index in [1.54, 1.807) is 0 Å². The second-order valence-corrected chi connectivity index (χ2v) is 6.36. The number of hydrogen-bond acceptors (Lipinski definition) is 1. The van der Waals surface area contributed by atoms with Crippen LogP contribution in [0.3, 0.4) is 0 Å². The van der Waals surface area contributed by atoms with Crippen LogP contribution < -0.4 is 5.32 Å². The van der Waals surface area contributed by atoms with Crippen molar-refractivity contribution in [3.63, 3.8) is 0 Å². The van der Waals surface area contributed by atoms with Gasteiger partial charge < -0.3 is 5.32 Å². The van der Waals surface area contributed by atoms with E-state index in [1.165, 1.54) is 24.0 Å². The number of amides is 1. The van der Waals surface area contributed by atoms with Crippen LogP contribution in [-0.2, 0) is 4.79 Å². The molecule has 0 radical (unpaired) electrons. The highest BCUT2D eigenvalue weighted by atomic mass is 16.2. The summed E-state index contributed by atoms with van der Waals surface area (Å²) in [5.74, 6) is 1.82. The minimum Gasteiger partial charge on any atom is -0.326 e. The van der Waals surface area contributed by atoms with Gasteiger partial charge in [0.1, 0.15) is 0 Å². The summed E-state index contributed by atoms with van der Waals surface area (Å²) < 4.78 is 0. The molecule has 19 heavy (non-hydrogen) atoms. The summed E-state index contributed by atoms with van der Waals surface area (Å²) >= 11 is 0. The van der Waals surface area contributed by atoms with Crippen molar-refractivity contribution in [2.75, 3.05) is 5.32 Å². The highest BCUT2D eigenvalue weighted by Crippen LogP contribution is 2.43. The highest BCUT2D eigenvalue weighted by Gasteiger charge is 2.42. The molecule has 104 valence electrons. The Morgan fingerprint density at radius 2 is 2.05 bits per heavy atom. The molecule has 0 aromatic heterocycles. The summed E-state index contributed by atoms with van der Waals surface area (Å²) in [6, 6.07) is 6.11. The van der Waals surface area contributed by atoms with Gasteiger partial charge in [-0.05, 0) is 61.8 Å². The second-order valence-electron chi connectivity index (χ2n) is 6.36. The number of aryl methyl sites for hydroxylation is 2. The van der Waals surface area contributed by atoms with Gasteiger partial charge in [-0.3, -0.25) is 4.79 Å². The van der Waals surface area contributed by atoms with Crippen LogP contribution in [0.4, 0.5) is 5.69 Å². The van der Waals surface area contributed by atoms with Crippen LogP contribution in [0.15, 0.2) is 18.2 Å². The van der Waals surface area contributed by atoms with E-state index in [1.807, 2.05) is 6.07 Å². The minimum absolute atomic E-state index is 0.206. The van der Waals surface area contributed by atoms with E-state index in [2.05, 4.69) is 45.1 Å². The molecule has 2 nitrogen and oxygen atoms in total. The molecular formula is C17H25NO. The fourth-order valence-corrected chi connectivity index (χ4v) is 2.49. The van der Waals surface area contributed by atoms with Crippen LogP contribution in [0.5, 0.6) is 0 Å². The molecule has 1 fully saturated rings. The first-order chi connectivity index (χ1) is 8.97. The Morgan fingerprint density at radius 3 is 2.68 bits per heavy atom. The van der Waals surface area contributed by atoms with Gasteiger partial charge in [-0.15, -0.1) is 0 Å². The molecule has 1 N–H and O–H groups in total. The molecule has 1 aromatic rings. The van der Waals surface area contributed by atoms with Crippen LogP contribution in [0.1, 0.15) is 44.2 Å². The van der Waals surface area contributed by atoms with Gasteiger partial charge >= 0.3 is 0 Å². The quantitative estimate of drug-likeness (QED) is 0.838. The summed E-state index contributed by atoms with van der Waals surface area (Å²) in [4.78, 5) is 12.1. The zero-order valence-electron chi connectivity index (χ0n) is 12.5. The Balaban J connectivity index is 1.84. The van der Waals surface area contributed by atoms with Gasteiger partial charge in [-0.1, -0.05) is 26.3 Å². The van der Waals surface area contributed by atoms with Gasteiger partial charge in [0.2, 0.25) is 5.91 Å². The Morgan fingerprint density at radius 1 is 1.32 bits per heavy atom. The number of hydrogen-bond donors (Lipinski definition) is 1. The van der Waals surface area contributed by atoms with E-state index >= 15 is 0 Å². The average Bonchev–Trinajstić information content (AvgIpc) is 3.11. The van der Waals surface area contributed by atoms with Crippen LogP contribution in [-0.4, -0.2) is 5.91 Å². The molecule has 0 spiro atoms. The maximum Gasteiger partial charge on any atom is 0.227 e. The zero-order chi connectivity index (χ0) is 14.0. The molecule has 2 heteroatoms. The van der Waals surface area contributed by atoms with Gasteiger partial charge in [0, 0.05) is 11.6 Å². The van der Waals surface area contributed by atoms with Crippen LogP contribution in [0, 0.1) is 31.6 Å². The molecule has 0 unspecified atom stereocenters. The zero-order valence-corrected chi connectivity index (χ0v) is 12.5. The first kappa shape index (κ1) is 14.1. The molecule has 1 aliphatic rings. The Kier molecular flexibility index (Phi) is 4.28. The van der Waals surface area contributed by atoms with E-state index in [0.717, 1.165) is 18.0 Å². The summed E-state index contributed by atoms with van der Waals surface area (Å²) in [5, 5.41) is 3.05. The van der Waals surface area contributed by atoms with Crippen molar-refractivity contribution in [3.05, 3.63) is 29.3 Å². The molecule has 0 aliphatic heterocycles. The summed E-state index contributed by atoms with van der Waals surface area (Å²) in [7, 11) is 0. The smallest absolute Gasteiger partial charge is 0.227 e. The fourth-order valence-electron chi connectivity index (χ4n) is 2.49. The fraction of sp³-hybridized carbons (Fsp3) is 0.588. The lowest BCUT2D eigenvalue weighted by molar-refractivity contribution is -0.117. The number of carbonyl (C=O) groups excluding carboxylic acids is 1. The van der Waals surface area contributed by atoms with Crippen LogP contribution >= 0.6 is 0 Å². The molecule has 1 aromatic carbocycles. The predicted octanol–water partition coefficient (Wildman–Crippen LogP) is 4.31. The first-order valence-electron chi connectivity index (χ1n) is 7.35. The summed E-state index contributed by atoms with van der Waals surface area (Å²) in [6.07, 6.45) is 3.50. The van der Waals surface area contributed by atoms with E-state index in [9.17, 15) is 4.79 Å². The molecule has 2 atom stereocenters. The van der Waals surface area contributed by atoms with Crippen molar-refractivity contribution >= 4 is 11.6 Å². The van der Waals surface area contributed by atoms with Crippen molar-refractivity contribution < 1.29 is 4.79 Å². The van der Waals surface area contributed by atoms with Gasteiger partial charge in [0.25, 0.3) is 0 Å². The average molecular weight is 259 g/mol. The molecule has 0 heterocycles.